The third-order valence-corrected chi connectivity index (χ3v) is 6.33. The lowest BCUT2D eigenvalue weighted by Gasteiger charge is -2.33. The fourth-order valence-electron chi connectivity index (χ4n) is 2.94. The molecule has 0 radical (unpaired) electrons. The van der Waals surface area contributed by atoms with Gasteiger partial charge in [-0.2, -0.15) is 17.0 Å². The Bertz CT molecular complexity index is 854. The first-order chi connectivity index (χ1) is 12.4. The predicted molar refractivity (Wildman–Crippen MR) is 100 cm³/mol. The molecule has 1 aliphatic rings. The van der Waals surface area contributed by atoms with Crippen LogP contribution < -0.4 is 5.32 Å². The Hall–Kier alpha value is -2.10. The first-order valence-electron chi connectivity index (χ1n) is 8.56. The minimum atomic E-state index is -3.41. The van der Waals surface area contributed by atoms with Crippen LogP contribution in [0.25, 0.3) is 0 Å². The maximum Gasteiger partial charge on any atom is 0.281 e. The van der Waals surface area contributed by atoms with Crippen LogP contribution in [0.15, 0.2) is 30.6 Å². The smallest absolute Gasteiger partial charge is 0.281 e. The van der Waals surface area contributed by atoms with Gasteiger partial charge in [-0.15, -0.1) is 0 Å². The summed E-state index contributed by atoms with van der Waals surface area (Å²) in [5.74, 6) is 1.19. The molecule has 0 spiro atoms. The average Bonchev–Trinajstić information content (AvgIpc) is 2.64. The SMILES string of the molecule is Cc1ccc(Nc2nccc([C@@H]3CCCN(S(=O)(=O)N(C)C)C3)n2)nc1. The van der Waals surface area contributed by atoms with Gasteiger partial charge in [-0.25, -0.2) is 15.0 Å². The normalized spacial score (nSPS) is 18.8. The summed E-state index contributed by atoms with van der Waals surface area (Å²) >= 11 is 0. The quantitative estimate of drug-likeness (QED) is 0.857. The second kappa shape index (κ2) is 7.65. The molecule has 0 aliphatic carbocycles. The molecule has 26 heavy (non-hydrogen) atoms. The molecule has 2 aromatic heterocycles. The highest BCUT2D eigenvalue weighted by Crippen LogP contribution is 2.28. The van der Waals surface area contributed by atoms with Crippen molar-refractivity contribution < 1.29 is 8.42 Å². The van der Waals surface area contributed by atoms with E-state index in [1.807, 2.05) is 25.1 Å². The first-order valence-corrected chi connectivity index (χ1v) is 9.96. The number of hydrogen-bond donors (Lipinski definition) is 1. The topological polar surface area (TPSA) is 91.3 Å². The minimum absolute atomic E-state index is 0.0491. The molecule has 0 saturated carbocycles. The zero-order chi connectivity index (χ0) is 18.7. The molecule has 3 heterocycles. The summed E-state index contributed by atoms with van der Waals surface area (Å²) in [6.45, 7) is 2.95. The second-order valence-electron chi connectivity index (χ2n) is 6.64. The number of nitrogens with zero attached hydrogens (tertiary/aromatic N) is 5. The Kier molecular flexibility index (Phi) is 5.49. The fourth-order valence-corrected chi connectivity index (χ4v) is 4.13. The van der Waals surface area contributed by atoms with Crippen LogP contribution in [0.2, 0.25) is 0 Å². The van der Waals surface area contributed by atoms with Crippen molar-refractivity contribution in [2.75, 3.05) is 32.5 Å². The molecule has 0 unspecified atom stereocenters. The maximum absolute atomic E-state index is 12.4. The van der Waals surface area contributed by atoms with Crippen molar-refractivity contribution in [1.29, 1.82) is 0 Å². The standard InChI is InChI=1S/C17H24N6O2S/c1-13-6-7-16(19-11-13)21-17-18-9-8-15(20-17)14-5-4-10-23(12-14)26(24,25)22(2)3/h6-9,11,14H,4-5,10,12H2,1-3H3,(H,18,19,20,21)/t14-/m1/s1. The van der Waals surface area contributed by atoms with Crippen LogP contribution >= 0.6 is 0 Å². The number of hydrogen-bond acceptors (Lipinski definition) is 6. The Balaban J connectivity index is 1.76. The number of anilines is 2. The molecule has 1 fully saturated rings. The monoisotopic (exact) mass is 376 g/mol. The van der Waals surface area contributed by atoms with Crippen molar-refractivity contribution in [3.05, 3.63) is 41.9 Å². The summed E-state index contributed by atoms with van der Waals surface area (Å²) in [5, 5.41) is 3.10. The van der Waals surface area contributed by atoms with E-state index < -0.39 is 10.2 Å². The molecule has 1 N–H and O–H groups in total. The van der Waals surface area contributed by atoms with Crippen molar-refractivity contribution in [3.63, 3.8) is 0 Å². The summed E-state index contributed by atoms with van der Waals surface area (Å²) in [4.78, 5) is 13.1. The van der Waals surface area contributed by atoms with Crippen molar-refractivity contribution in [2.24, 2.45) is 0 Å². The molecule has 0 bridgehead atoms. The van der Waals surface area contributed by atoms with Crippen molar-refractivity contribution in [3.8, 4) is 0 Å². The second-order valence-corrected chi connectivity index (χ2v) is 8.78. The van der Waals surface area contributed by atoms with Gasteiger partial charge in [-0.1, -0.05) is 6.07 Å². The molecule has 8 nitrogen and oxygen atoms in total. The average molecular weight is 376 g/mol. The molecule has 0 amide bonds. The Labute approximate surface area is 154 Å². The molecule has 2 aromatic rings. The highest BCUT2D eigenvalue weighted by Gasteiger charge is 2.31. The lowest BCUT2D eigenvalue weighted by Crippen LogP contribution is -2.45. The van der Waals surface area contributed by atoms with Gasteiger partial charge in [0.25, 0.3) is 10.2 Å². The lowest BCUT2D eigenvalue weighted by molar-refractivity contribution is 0.296. The molecule has 9 heteroatoms. The summed E-state index contributed by atoms with van der Waals surface area (Å²) in [7, 11) is -0.294. The number of aromatic nitrogens is 3. The van der Waals surface area contributed by atoms with Gasteiger partial charge in [0.1, 0.15) is 5.82 Å². The largest absolute Gasteiger partial charge is 0.309 e. The van der Waals surface area contributed by atoms with Crippen molar-refractivity contribution in [1.82, 2.24) is 23.6 Å². The van der Waals surface area contributed by atoms with Gasteiger partial charge in [0.2, 0.25) is 5.95 Å². The van der Waals surface area contributed by atoms with Crippen LogP contribution in [0.4, 0.5) is 11.8 Å². The van der Waals surface area contributed by atoms with Crippen LogP contribution in [0.1, 0.15) is 30.0 Å². The van der Waals surface area contributed by atoms with Crippen LogP contribution in [0.3, 0.4) is 0 Å². The number of nitrogens with one attached hydrogen (secondary N) is 1. The van der Waals surface area contributed by atoms with Crippen LogP contribution in [0, 0.1) is 6.92 Å². The molecular weight excluding hydrogens is 352 g/mol. The zero-order valence-electron chi connectivity index (χ0n) is 15.3. The molecule has 0 aromatic carbocycles. The van der Waals surface area contributed by atoms with E-state index in [0.717, 1.165) is 24.1 Å². The van der Waals surface area contributed by atoms with Gasteiger partial charge >= 0.3 is 0 Å². The van der Waals surface area contributed by atoms with E-state index in [1.165, 1.54) is 8.61 Å². The molecule has 1 atom stereocenters. The van der Waals surface area contributed by atoms with Gasteiger partial charge < -0.3 is 5.32 Å². The van der Waals surface area contributed by atoms with Gasteiger partial charge in [0.05, 0.1) is 5.69 Å². The molecule has 140 valence electrons. The highest BCUT2D eigenvalue weighted by molar-refractivity contribution is 7.86. The lowest BCUT2D eigenvalue weighted by atomic mass is 9.96. The Morgan fingerprint density at radius 1 is 1.23 bits per heavy atom. The maximum atomic E-state index is 12.4. The number of pyridine rings is 1. The van der Waals surface area contributed by atoms with Crippen LogP contribution in [0.5, 0.6) is 0 Å². The van der Waals surface area contributed by atoms with E-state index in [2.05, 4.69) is 20.3 Å². The fraction of sp³-hybridized carbons (Fsp3) is 0.471. The summed E-state index contributed by atoms with van der Waals surface area (Å²) in [6.07, 6.45) is 5.18. The van der Waals surface area contributed by atoms with E-state index in [-0.39, 0.29) is 5.92 Å². The Morgan fingerprint density at radius 2 is 2.04 bits per heavy atom. The van der Waals surface area contributed by atoms with Gasteiger partial charge in [0, 0.05) is 45.5 Å². The van der Waals surface area contributed by atoms with Crippen LogP contribution in [-0.2, 0) is 10.2 Å². The zero-order valence-corrected chi connectivity index (χ0v) is 16.1. The van der Waals surface area contributed by atoms with E-state index in [1.54, 1.807) is 26.5 Å². The molecule has 1 saturated heterocycles. The van der Waals surface area contributed by atoms with E-state index in [4.69, 9.17) is 0 Å². The van der Waals surface area contributed by atoms with E-state index in [0.29, 0.717) is 24.9 Å². The predicted octanol–water partition coefficient (Wildman–Crippen LogP) is 1.91. The number of rotatable bonds is 5. The van der Waals surface area contributed by atoms with Gasteiger partial charge in [-0.3, -0.25) is 0 Å². The molecule has 3 rings (SSSR count). The molecular formula is C17H24N6O2S. The third-order valence-electron chi connectivity index (χ3n) is 4.42. The summed E-state index contributed by atoms with van der Waals surface area (Å²) in [5.41, 5.74) is 1.92. The number of aryl methyl sites for hydroxylation is 1. The highest BCUT2D eigenvalue weighted by atomic mass is 32.2. The van der Waals surface area contributed by atoms with Crippen LogP contribution in [-0.4, -0.2) is 59.2 Å². The van der Waals surface area contributed by atoms with Gasteiger partial charge in [-0.05, 0) is 37.5 Å². The van der Waals surface area contributed by atoms with E-state index >= 15 is 0 Å². The van der Waals surface area contributed by atoms with Crippen molar-refractivity contribution >= 4 is 22.0 Å². The first kappa shape index (κ1) is 18.7. The van der Waals surface area contributed by atoms with E-state index in [9.17, 15) is 8.42 Å². The van der Waals surface area contributed by atoms with Gasteiger partial charge in [0.15, 0.2) is 0 Å². The summed E-state index contributed by atoms with van der Waals surface area (Å²) < 4.78 is 27.6. The third kappa shape index (κ3) is 4.17. The van der Waals surface area contributed by atoms with Crippen molar-refractivity contribution in [2.45, 2.75) is 25.7 Å². The molecule has 1 aliphatic heterocycles. The summed E-state index contributed by atoms with van der Waals surface area (Å²) in [6, 6.07) is 5.69. The minimum Gasteiger partial charge on any atom is -0.309 e. The Morgan fingerprint density at radius 3 is 2.73 bits per heavy atom. The number of piperidine rings is 1.